The highest BCUT2D eigenvalue weighted by Gasteiger charge is 2.04. The summed E-state index contributed by atoms with van der Waals surface area (Å²) in [6.45, 7) is 0.521. The van der Waals surface area contributed by atoms with Crippen molar-refractivity contribution in [3.63, 3.8) is 0 Å². The summed E-state index contributed by atoms with van der Waals surface area (Å²) in [5.41, 5.74) is 7.27. The molecular weight excluding hydrogens is 266 g/mol. The summed E-state index contributed by atoms with van der Waals surface area (Å²) in [6.07, 6.45) is 3.43. The molecule has 0 aromatic carbocycles. The number of fused-ring (bicyclic) bond motifs is 1. The van der Waals surface area contributed by atoms with Gasteiger partial charge in [-0.25, -0.2) is 14.5 Å². The Morgan fingerprint density at radius 3 is 3.00 bits per heavy atom. The van der Waals surface area contributed by atoms with Gasteiger partial charge in [-0.2, -0.15) is 10.1 Å². The lowest BCUT2D eigenvalue weighted by molar-refractivity contribution is 0.851. The zero-order chi connectivity index (χ0) is 13.2. The van der Waals surface area contributed by atoms with Gasteiger partial charge >= 0.3 is 0 Å². The van der Waals surface area contributed by atoms with E-state index in [4.69, 9.17) is 17.3 Å². The second-order valence-corrected chi connectivity index (χ2v) is 4.21. The van der Waals surface area contributed by atoms with E-state index in [2.05, 4.69) is 25.4 Å². The quantitative estimate of drug-likeness (QED) is 0.701. The topological polar surface area (TPSA) is 94.0 Å². The Bertz CT molecular complexity index is 704. The van der Waals surface area contributed by atoms with Gasteiger partial charge in [0.1, 0.15) is 11.0 Å². The molecule has 0 aliphatic rings. The third-order valence-corrected chi connectivity index (χ3v) is 2.72. The van der Waals surface area contributed by atoms with Crippen molar-refractivity contribution in [3.8, 4) is 0 Å². The van der Waals surface area contributed by atoms with E-state index < -0.39 is 0 Å². The van der Waals surface area contributed by atoms with Gasteiger partial charge in [-0.3, -0.25) is 0 Å². The highest BCUT2D eigenvalue weighted by Crippen LogP contribution is 2.13. The molecule has 0 bridgehead atoms. The van der Waals surface area contributed by atoms with E-state index in [1.807, 2.05) is 12.1 Å². The van der Waals surface area contributed by atoms with Crippen LogP contribution >= 0.6 is 11.6 Å². The predicted molar refractivity (Wildman–Crippen MR) is 71.8 cm³/mol. The van der Waals surface area contributed by atoms with Crippen LogP contribution in [0.1, 0.15) is 5.69 Å². The fraction of sp³-hybridized carbons (Fsp3) is 0.0909. The van der Waals surface area contributed by atoms with Gasteiger partial charge in [0.25, 0.3) is 0 Å². The molecule has 96 valence electrons. The summed E-state index contributed by atoms with van der Waals surface area (Å²) in [5.74, 6) is 0.698. The number of halogens is 1. The van der Waals surface area contributed by atoms with Crippen molar-refractivity contribution < 1.29 is 0 Å². The van der Waals surface area contributed by atoms with Crippen LogP contribution in [0.5, 0.6) is 0 Å². The summed E-state index contributed by atoms with van der Waals surface area (Å²) < 4.78 is 1.75. The highest BCUT2D eigenvalue weighted by molar-refractivity contribution is 6.29. The van der Waals surface area contributed by atoms with Crippen molar-refractivity contribution in [3.05, 3.63) is 41.4 Å². The minimum atomic E-state index is 0.133. The first kappa shape index (κ1) is 11.7. The summed E-state index contributed by atoms with van der Waals surface area (Å²) >= 11 is 5.81. The molecule has 3 rings (SSSR count). The molecule has 0 saturated carbocycles. The normalized spacial score (nSPS) is 10.8. The average Bonchev–Trinajstić information content (AvgIpc) is 2.83. The molecule has 0 unspecified atom stereocenters. The van der Waals surface area contributed by atoms with E-state index in [9.17, 15) is 0 Å². The molecule has 0 atom stereocenters. The van der Waals surface area contributed by atoms with Crippen LogP contribution in [0.2, 0.25) is 5.15 Å². The molecule has 3 aromatic rings. The molecule has 0 aliphatic heterocycles. The first-order valence-corrected chi connectivity index (χ1v) is 5.92. The van der Waals surface area contributed by atoms with E-state index in [0.29, 0.717) is 17.5 Å². The molecule has 0 spiro atoms. The number of anilines is 2. The Hall–Kier alpha value is -2.41. The maximum atomic E-state index is 5.81. The molecule has 0 aliphatic carbocycles. The molecule has 3 heterocycles. The fourth-order valence-electron chi connectivity index (χ4n) is 1.73. The van der Waals surface area contributed by atoms with E-state index in [-0.39, 0.29) is 5.95 Å². The SMILES string of the molecule is Nc1nc(Cl)cc(NCc2ccnc3ccnn23)n1. The lowest BCUT2D eigenvalue weighted by atomic mass is 10.4. The van der Waals surface area contributed by atoms with Gasteiger partial charge in [0.2, 0.25) is 5.95 Å². The minimum Gasteiger partial charge on any atom is -0.368 e. The Morgan fingerprint density at radius 2 is 2.16 bits per heavy atom. The van der Waals surface area contributed by atoms with Gasteiger partial charge in [-0.05, 0) is 6.07 Å². The van der Waals surface area contributed by atoms with E-state index >= 15 is 0 Å². The third-order valence-electron chi connectivity index (χ3n) is 2.53. The smallest absolute Gasteiger partial charge is 0.223 e. The van der Waals surface area contributed by atoms with E-state index in [0.717, 1.165) is 11.3 Å². The van der Waals surface area contributed by atoms with Crippen molar-refractivity contribution in [2.45, 2.75) is 6.54 Å². The molecule has 3 aromatic heterocycles. The molecule has 19 heavy (non-hydrogen) atoms. The maximum absolute atomic E-state index is 5.81. The zero-order valence-corrected chi connectivity index (χ0v) is 10.5. The zero-order valence-electron chi connectivity index (χ0n) is 9.79. The van der Waals surface area contributed by atoms with Crippen LogP contribution in [-0.2, 0) is 6.54 Å². The average molecular weight is 276 g/mol. The molecule has 0 saturated heterocycles. The highest BCUT2D eigenvalue weighted by atomic mass is 35.5. The molecule has 7 nitrogen and oxygen atoms in total. The number of nitrogens with one attached hydrogen (secondary N) is 1. The predicted octanol–water partition coefficient (Wildman–Crippen LogP) is 1.37. The summed E-state index contributed by atoms with van der Waals surface area (Å²) in [6, 6.07) is 5.32. The summed E-state index contributed by atoms with van der Waals surface area (Å²) in [7, 11) is 0. The summed E-state index contributed by atoms with van der Waals surface area (Å²) in [5, 5.41) is 7.62. The van der Waals surface area contributed by atoms with Crippen molar-refractivity contribution in [1.29, 1.82) is 0 Å². The molecule has 0 fully saturated rings. The Morgan fingerprint density at radius 1 is 1.26 bits per heavy atom. The lowest BCUT2D eigenvalue weighted by Crippen LogP contribution is -2.08. The first-order chi connectivity index (χ1) is 9.22. The van der Waals surface area contributed by atoms with Crippen molar-refractivity contribution >= 4 is 29.0 Å². The fourth-order valence-corrected chi connectivity index (χ4v) is 1.92. The molecule has 8 heteroatoms. The standard InChI is InChI=1S/C11H10ClN7/c12-8-5-9(18-11(13)17-8)15-6-7-1-3-14-10-2-4-16-19(7)10/h1-5H,6H2,(H3,13,15,17,18). The molecule has 0 radical (unpaired) electrons. The van der Waals surface area contributed by atoms with Crippen molar-refractivity contribution in [1.82, 2.24) is 24.6 Å². The number of rotatable bonds is 3. The van der Waals surface area contributed by atoms with Crippen LogP contribution in [-0.4, -0.2) is 24.6 Å². The van der Waals surface area contributed by atoms with Gasteiger partial charge in [0.15, 0.2) is 5.65 Å². The second-order valence-electron chi connectivity index (χ2n) is 3.83. The van der Waals surface area contributed by atoms with E-state index in [1.165, 1.54) is 0 Å². The third kappa shape index (κ3) is 2.41. The van der Waals surface area contributed by atoms with Crippen molar-refractivity contribution in [2.75, 3.05) is 11.1 Å². The molecule has 0 amide bonds. The van der Waals surface area contributed by atoms with Gasteiger partial charge in [-0.15, -0.1) is 0 Å². The van der Waals surface area contributed by atoms with Crippen molar-refractivity contribution in [2.24, 2.45) is 0 Å². The van der Waals surface area contributed by atoms with Crippen LogP contribution in [0.4, 0.5) is 11.8 Å². The molecule has 3 N–H and O–H groups in total. The van der Waals surface area contributed by atoms with Crippen LogP contribution in [0, 0.1) is 0 Å². The Labute approximate surface area is 113 Å². The van der Waals surface area contributed by atoms with Crippen LogP contribution < -0.4 is 11.1 Å². The largest absolute Gasteiger partial charge is 0.368 e. The lowest BCUT2D eigenvalue weighted by Gasteiger charge is -2.07. The monoisotopic (exact) mass is 275 g/mol. The summed E-state index contributed by atoms with van der Waals surface area (Å²) in [4.78, 5) is 12.0. The number of aromatic nitrogens is 5. The maximum Gasteiger partial charge on any atom is 0.223 e. The number of hydrogen-bond donors (Lipinski definition) is 2. The molecular formula is C11H10ClN7. The number of nitrogens with zero attached hydrogens (tertiary/aromatic N) is 5. The van der Waals surface area contributed by atoms with Crippen LogP contribution in [0.15, 0.2) is 30.6 Å². The van der Waals surface area contributed by atoms with E-state index in [1.54, 1.807) is 23.0 Å². The second kappa shape index (κ2) is 4.69. The Kier molecular flexibility index (Phi) is 2.88. The first-order valence-electron chi connectivity index (χ1n) is 5.54. The Balaban J connectivity index is 1.84. The van der Waals surface area contributed by atoms with Gasteiger partial charge < -0.3 is 11.1 Å². The number of nitrogens with two attached hydrogens (primary N) is 1. The van der Waals surface area contributed by atoms with Crippen LogP contribution in [0.3, 0.4) is 0 Å². The number of hydrogen-bond acceptors (Lipinski definition) is 6. The van der Waals surface area contributed by atoms with Gasteiger partial charge in [-0.1, -0.05) is 11.6 Å². The van der Waals surface area contributed by atoms with Gasteiger partial charge in [0.05, 0.1) is 18.4 Å². The van der Waals surface area contributed by atoms with Gasteiger partial charge in [0, 0.05) is 18.3 Å². The van der Waals surface area contributed by atoms with Crippen LogP contribution in [0.25, 0.3) is 5.65 Å². The number of nitrogen functional groups attached to an aromatic ring is 1. The minimum absolute atomic E-state index is 0.133.